The molecule has 2 amide bonds. The van der Waals surface area contributed by atoms with Crippen molar-refractivity contribution in [1.82, 2.24) is 9.80 Å². The van der Waals surface area contributed by atoms with Crippen LogP contribution in [0.3, 0.4) is 0 Å². The number of thiophene rings is 1. The topological polar surface area (TPSA) is 70.1 Å². The monoisotopic (exact) mass is 392 g/mol. The van der Waals surface area contributed by atoms with Crippen LogP contribution in [0.2, 0.25) is 0 Å². The number of fused-ring (bicyclic) bond motifs is 2. The number of aliphatic hydroxyl groups is 1. The maximum atomic E-state index is 12.9. The van der Waals surface area contributed by atoms with Crippen molar-refractivity contribution < 1.29 is 19.4 Å². The molecule has 27 heavy (non-hydrogen) atoms. The molecule has 0 saturated carbocycles. The largest absolute Gasteiger partial charge is 0.396 e. The van der Waals surface area contributed by atoms with E-state index < -0.39 is 0 Å². The lowest BCUT2D eigenvalue weighted by atomic mass is 9.82. The van der Waals surface area contributed by atoms with Crippen LogP contribution in [0, 0.1) is 5.92 Å². The first kappa shape index (κ1) is 18.9. The number of piperidine rings is 1. The van der Waals surface area contributed by atoms with Crippen LogP contribution in [-0.4, -0.2) is 66.1 Å². The molecule has 6 nitrogen and oxygen atoms in total. The van der Waals surface area contributed by atoms with Gasteiger partial charge in [0, 0.05) is 56.4 Å². The van der Waals surface area contributed by atoms with Gasteiger partial charge in [-0.25, -0.2) is 0 Å². The van der Waals surface area contributed by atoms with E-state index in [4.69, 9.17) is 4.74 Å². The van der Waals surface area contributed by atoms with Crippen LogP contribution >= 0.6 is 11.3 Å². The summed E-state index contributed by atoms with van der Waals surface area (Å²) in [6.45, 7) is 5.54. The average Bonchev–Trinajstić information content (AvgIpc) is 3.35. The van der Waals surface area contributed by atoms with Gasteiger partial charge in [-0.15, -0.1) is 11.3 Å². The molecule has 2 saturated heterocycles. The number of amides is 2. The van der Waals surface area contributed by atoms with Crippen LogP contribution in [0.5, 0.6) is 0 Å². The second-order valence-electron chi connectivity index (χ2n) is 7.86. The highest BCUT2D eigenvalue weighted by Crippen LogP contribution is 2.45. The maximum absolute atomic E-state index is 12.9. The Kier molecular flexibility index (Phi) is 5.27. The number of ether oxygens (including phenoxy) is 1. The molecule has 3 aliphatic heterocycles. The number of hydrogen-bond acceptors (Lipinski definition) is 5. The molecule has 0 bridgehead atoms. The molecule has 7 heteroatoms. The molecular weight excluding hydrogens is 364 g/mol. The minimum atomic E-state index is -0.341. The van der Waals surface area contributed by atoms with Crippen LogP contribution in [0.4, 0.5) is 0 Å². The lowest BCUT2D eigenvalue weighted by molar-refractivity contribution is -0.140. The summed E-state index contributed by atoms with van der Waals surface area (Å²) in [6, 6.07) is 2.05. The van der Waals surface area contributed by atoms with E-state index >= 15 is 0 Å². The predicted molar refractivity (Wildman–Crippen MR) is 103 cm³/mol. The number of rotatable bonds is 3. The fourth-order valence-corrected chi connectivity index (χ4v) is 5.80. The van der Waals surface area contributed by atoms with Gasteiger partial charge in [0.2, 0.25) is 5.91 Å². The van der Waals surface area contributed by atoms with Crippen molar-refractivity contribution in [3.8, 4) is 0 Å². The Labute approximate surface area is 164 Å². The smallest absolute Gasteiger partial charge is 0.263 e. The lowest BCUT2D eigenvalue weighted by Gasteiger charge is -2.44. The molecule has 1 aromatic rings. The highest BCUT2D eigenvalue weighted by atomic mass is 32.1. The molecule has 1 spiro atoms. The third-order valence-corrected chi connectivity index (χ3v) is 7.46. The van der Waals surface area contributed by atoms with Crippen molar-refractivity contribution in [2.24, 2.45) is 5.92 Å². The second kappa shape index (κ2) is 7.53. The molecule has 1 aromatic heterocycles. The Bertz CT molecular complexity index is 724. The molecule has 0 radical (unpaired) electrons. The van der Waals surface area contributed by atoms with Crippen LogP contribution in [0.25, 0.3) is 0 Å². The summed E-state index contributed by atoms with van der Waals surface area (Å²) in [5, 5.41) is 9.33. The minimum absolute atomic E-state index is 0.0825. The summed E-state index contributed by atoms with van der Waals surface area (Å²) in [4.78, 5) is 30.8. The van der Waals surface area contributed by atoms with Crippen LogP contribution in [0.15, 0.2) is 6.07 Å². The van der Waals surface area contributed by atoms with Crippen LogP contribution < -0.4 is 0 Å². The molecule has 3 aliphatic rings. The van der Waals surface area contributed by atoms with Gasteiger partial charge in [0.25, 0.3) is 5.91 Å². The Morgan fingerprint density at radius 1 is 1.30 bits per heavy atom. The standard InChI is InChI=1S/C20H28N2O4S/c1-2-18(24)21-8-5-20(6-9-21)15-11-17(27-16(15)4-10-26-20)19(25)22-7-3-14(12-22)13-23/h11,14,23H,2-10,12-13H2,1H3. The number of carbonyl (C=O) groups is 2. The van der Waals surface area contributed by atoms with Crippen molar-refractivity contribution in [3.63, 3.8) is 0 Å². The fraction of sp³-hybridized carbons (Fsp3) is 0.700. The van der Waals surface area contributed by atoms with Gasteiger partial charge in [-0.05, 0) is 30.9 Å². The Morgan fingerprint density at radius 2 is 2.07 bits per heavy atom. The molecule has 0 aromatic carbocycles. The predicted octanol–water partition coefficient (Wildman–Crippen LogP) is 2.00. The first-order valence-electron chi connectivity index (χ1n) is 10.0. The van der Waals surface area contributed by atoms with Crippen LogP contribution in [0.1, 0.15) is 52.7 Å². The normalized spacial score (nSPS) is 24.3. The van der Waals surface area contributed by atoms with Crippen molar-refractivity contribution in [2.45, 2.75) is 44.6 Å². The van der Waals surface area contributed by atoms with Crippen LogP contribution in [-0.2, 0) is 21.6 Å². The molecule has 0 aliphatic carbocycles. The van der Waals surface area contributed by atoms with E-state index in [1.54, 1.807) is 11.3 Å². The third kappa shape index (κ3) is 3.41. The summed E-state index contributed by atoms with van der Waals surface area (Å²) in [5.74, 6) is 0.493. The van der Waals surface area contributed by atoms with Gasteiger partial charge in [-0.2, -0.15) is 0 Å². The van der Waals surface area contributed by atoms with Crippen molar-refractivity contribution in [2.75, 3.05) is 39.4 Å². The van der Waals surface area contributed by atoms with Crippen molar-refractivity contribution >= 4 is 23.2 Å². The zero-order valence-corrected chi connectivity index (χ0v) is 16.7. The number of nitrogens with zero attached hydrogens (tertiary/aromatic N) is 2. The van der Waals surface area contributed by atoms with E-state index in [1.165, 1.54) is 10.4 Å². The zero-order chi connectivity index (χ0) is 19.0. The second-order valence-corrected chi connectivity index (χ2v) is 9.00. The summed E-state index contributed by atoms with van der Waals surface area (Å²) in [7, 11) is 0. The van der Waals surface area contributed by atoms with Gasteiger partial charge in [0.05, 0.1) is 17.1 Å². The van der Waals surface area contributed by atoms with Gasteiger partial charge >= 0.3 is 0 Å². The molecule has 148 valence electrons. The summed E-state index contributed by atoms with van der Waals surface area (Å²) in [6.07, 6.45) is 3.87. The first-order chi connectivity index (χ1) is 13.1. The Morgan fingerprint density at radius 3 is 2.74 bits per heavy atom. The fourth-order valence-electron chi connectivity index (χ4n) is 4.60. The van der Waals surface area contributed by atoms with Gasteiger partial charge < -0.3 is 19.6 Å². The minimum Gasteiger partial charge on any atom is -0.396 e. The highest BCUT2D eigenvalue weighted by Gasteiger charge is 2.43. The maximum Gasteiger partial charge on any atom is 0.263 e. The Hall–Kier alpha value is -1.44. The van der Waals surface area contributed by atoms with Gasteiger partial charge in [0.1, 0.15) is 0 Å². The number of aliphatic hydroxyl groups excluding tert-OH is 1. The molecular formula is C20H28N2O4S. The molecule has 4 rings (SSSR count). The van der Waals surface area contributed by atoms with Gasteiger partial charge in [-0.1, -0.05) is 6.92 Å². The van der Waals surface area contributed by atoms with E-state index in [9.17, 15) is 14.7 Å². The average molecular weight is 393 g/mol. The number of likely N-dealkylation sites (tertiary alicyclic amines) is 2. The molecule has 4 heterocycles. The Balaban J connectivity index is 1.52. The van der Waals surface area contributed by atoms with Gasteiger partial charge in [0.15, 0.2) is 0 Å². The van der Waals surface area contributed by atoms with E-state index in [0.717, 1.165) is 50.2 Å². The van der Waals surface area contributed by atoms with E-state index in [2.05, 4.69) is 0 Å². The zero-order valence-electron chi connectivity index (χ0n) is 15.9. The van der Waals surface area contributed by atoms with Crippen molar-refractivity contribution in [1.29, 1.82) is 0 Å². The van der Waals surface area contributed by atoms with E-state index in [-0.39, 0.29) is 29.9 Å². The van der Waals surface area contributed by atoms with E-state index in [1.807, 2.05) is 22.8 Å². The third-order valence-electron chi connectivity index (χ3n) is 6.28. The van der Waals surface area contributed by atoms with Gasteiger partial charge in [-0.3, -0.25) is 9.59 Å². The molecule has 1 unspecified atom stereocenters. The lowest BCUT2D eigenvalue weighted by Crippen LogP contribution is -2.47. The molecule has 1 atom stereocenters. The number of hydrogen-bond donors (Lipinski definition) is 1. The van der Waals surface area contributed by atoms with E-state index in [0.29, 0.717) is 19.6 Å². The SMILES string of the molecule is CCC(=O)N1CCC2(CC1)OCCc1sc(C(=O)N3CCC(CO)C3)cc12. The molecule has 2 fully saturated rings. The summed E-state index contributed by atoms with van der Waals surface area (Å²) >= 11 is 1.60. The quantitative estimate of drug-likeness (QED) is 0.854. The van der Waals surface area contributed by atoms with Crippen molar-refractivity contribution in [3.05, 3.63) is 21.4 Å². The number of carbonyl (C=O) groups excluding carboxylic acids is 2. The summed E-state index contributed by atoms with van der Waals surface area (Å²) < 4.78 is 6.26. The molecule has 1 N–H and O–H groups in total. The first-order valence-corrected chi connectivity index (χ1v) is 10.8. The highest BCUT2D eigenvalue weighted by molar-refractivity contribution is 7.14. The summed E-state index contributed by atoms with van der Waals surface area (Å²) in [5.41, 5.74) is 0.829.